The van der Waals surface area contributed by atoms with Crippen LogP contribution in [0.2, 0.25) is 0 Å². The molecule has 0 saturated carbocycles. The number of methoxy groups -OCH3 is 1. The van der Waals surface area contributed by atoms with Crippen molar-refractivity contribution in [3.05, 3.63) is 60.7 Å². The molecule has 1 aromatic carbocycles. The van der Waals surface area contributed by atoms with E-state index in [0.29, 0.717) is 31.5 Å². The van der Waals surface area contributed by atoms with Crippen LogP contribution in [0.25, 0.3) is 33.9 Å². The number of carbonyl (C=O) groups is 3. The van der Waals surface area contributed by atoms with Crippen molar-refractivity contribution in [3.8, 4) is 33.9 Å². The lowest BCUT2D eigenvalue weighted by molar-refractivity contribution is -0.136. The fourth-order valence-electron chi connectivity index (χ4n) is 7.14. The molecule has 15 nitrogen and oxygen atoms in total. The van der Waals surface area contributed by atoms with Gasteiger partial charge in [-0.05, 0) is 43.1 Å². The molecule has 0 bridgehead atoms. The van der Waals surface area contributed by atoms with Gasteiger partial charge in [0.1, 0.15) is 17.7 Å². The van der Waals surface area contributed by atoms with E-state index < -0.39 is 12.1 Å². The minimum Gasteiger partial charge on any atom is -0.465 e. The third-order valence-corrected chi connectivity index (χ3v) is 9.90. The Morgan fingerprint density at radius 3 is 1.77 bits per heavy atom. The molecule has 4 atom stereocenters. The summed E-state index contributed by atoms with van der Waals surface area (Å²) in [7, 11) is 1.61. The lowest BCUT2D eigenvalue weighted by Gasteiger charge is -2.30. The Balaban J connectivity index is 1.11. The molecule has 276 valence electrons. The first-order chi connectivity index (χ1) is 25.0. The molecule has 2 fully saturated rings. The highest BCUT2D eigenvalue weighted by Gasteiger charge is 2.38. The number of aromatic nitrogens is 6. The van der Waals surface area contributed by atoms with Gasteiger partial charge in [0.15, 0.2) is 5.82 Å². The van der Waals surface area contributed by atoms with E-state index in [0.717, 1.165) is 59.6 Å². The number of aromatic amines is 2. The van der Waals surface area contributed by atoms with E-state index in [9.17, 15) is 19.5 Å². The van der Waals surface area contributed by atoms with Crippen molar-refractivity contribution in [1.29, 1.82) is 0 Å². The predicted octanol–water partition coefficient (Wildman–Crippen LogP) is 4.76. The summed E-state index contributed by atoms with van der Waals surface area (Å²) in [6.07, 6.45) is 9.08. The first-order valence-corrected chi connectivity index (χ1v) is 17.9. The van der Waals surface area contributed by atoms with Crippen molar-refractivity contribution in [3.63, 3.8) is 0 Å². The van der Waals surface area contributed by atoms with Crippen molar-refractivity contribution in [2.45, 2.75) is 77.5 Å². The molecule has 0 unspecified atom stereocenters. The van der Waals surface area contributed by atoms with Crippen molar-refractivity contribution >= 4 is 17.9 Å². The van der Waals surface area contributed by atoms with Gasteiger partial charge >= 0.3 is 6.09 Å². The van der Waals surface area contributed by atoms with Gasteiger partial charge in [0.2, 0.25) is 11.8 Å². The molecule has 5 heterocycles. The first kappa shape index (κ1) is 36.6. The Hall–Kier alpha value is -5.15. The molecule has 0 radical (unpaired) electrons. The van der Waals surface area contributed by atoms with Crippen LogP contribution in [0.5, 0.6) is 0 Å². The minimum atomic E-state index is -1.22. The summed E-state index contributed by atoms with van der Waals surface area (Å²) in [5, 5.41) is 14.8. The lowest BCUT2D eigenvalue weighted by atomic mass is 10.0. The topological polar surface area (TPSA) is 194 Å². The molecule has 0 aliphatic carbocycles. The Labute approximate surface area is 303 Å². The molecular weight excluding hydrogens is 664 g/mol. The first-order valence-electron chi connectivity index (χ1n) is 17.9. The van der Waals surface area contributed by atoms with Gasteiger partial charge in [-0.25, -0.2) is 24.7 Å². The van der Waals surface area contributed by atoms with Crippen LogP contribution in [0.15, 0.2) is 49.1 Å². The van der Waals surface area contributed by atoms with Crippen LogP contribution >= 0.6 is 0 Å². The molecule has 0 spiro atoms. The van der Waals surface area contributed by atoms with Crippen LogP contribution in [0.3, 0.4) is 0 Å². The van der Waals surface area contributed by atoms with Crippen LogP contribution in [-0.2, 0) is 14.3 Å². The number of rotatable bonds is 13. The average molecular weight is 713 g/mol. The van der Waals surface area contributed by atoms with Crippen LogP contribution in [0.1, 0.15) is 77.1 Å². The molecule has 2 aliphatic rings. The Morgan fingerprint density at radius 1 is 0.769 bits per heavy atom. The van der Waals surface area contributed by atoms with Gasteiger partial charge in [-0.15, -0.1) is 0 Å². The number of hydrogen-bond donors (Lipinski definition) is 5. The molecule has 2 saturated heterocycles. The maximum absolute atomic E-state index is 13.5. The molecule has 4 aromatic rings. The van der Waals surface area contributed by atoms with E-state index in [1.54, 1.807) is 30.6 Å². The number of benzene rings is 1. The number of ether oxygens (including phenoxy) is 1. The minimum absolute atomic E-state index is 0.0651. The molecule has 2 aliphatic heterocycles. The number of hydrogen-bond acceptors (Lipinski definition) is 9. The quantitative estimate of drug-likeness (QED) is 0.121. The molecule has 3 aromatic heterocycles. The summed E-state index contributed by atoms with van der Waals surface area (Å²) in [6, 6.07) is 6.39. The van der Waals surface area contributed by atoms with E-state index in [2.05, 4.69) is 40.5 Å². The maximum atomic E-state index is 13.5. The zero-order valence-corrected chi connectivity index (χ0v) is 30.3. The van der Waals surface area contributed by atoms with E-state index in [4.69, 9.17) is 4.74 Å². The number of imidazole rings is 2. The second-order valence-corrected chi connectivity index (χ2v) is 14.1. The van der Waals surface area contributed by atoms with Gasteiger partial charge in [-0.2, -0.15) is 0 Å². The number of nitrogens with zero attached hydrogens (tertiary/aromatic N) is 6. The second-order valence-electron chi connectivity index (χ2n) is 14.1. The zero-order valence-electron chi connectivity index (χ0n) is 30.3. The van der Waals surface area contributed by atoms with E-state index in [-0.39, 0.29) is 41.8 Å². The molecular formula is C37H48N10O5. The molecule has 3 amide bonds. The number of likely N-dealkylation sites (tertiary alicyclic amines) is 2. The predicted molar refractivity (Wildman–Crippen MR) is 193 cm³/mol. The van der Waals surface area contributed by atoms with Crippen LogP contribution in [-0.4, -0.2) is 102 Å². The highest BCUT2D eigenvalue weighted by molar-refractivity contribution is 5.86. The fourth-order valence-corrected chi connectivity index (χ4v) is 7.14. The molecule has 5 N–H and O–H groups in total. The third kappa shape index (κ3) is 7.84. The monoisotopic (exact) mass is 712 g/mol. The van der Waals surface area contributed by atoms with Gasteiger partial charge in [-0.1, -0.05) is 52.0 Å². The van der Waals surface area contributed by atoms with Crippen LogP contribution in [0, 0.1) is 11.8 Å². The Kier molecular flexibility index (Phi) is 11.3. The van der Waals surface area contributed by atoms with E-state index in [1.807, 2.05) is 63.1 Å². The largest absolute Gasteiger partial charge is 0.465 e. The number of H-pyrrole nitrogens is 2. The van der Waals surface area contributed by atoms with Crippen LogP contribution < -0.4 is 10.6 Å². The maximum Gasteiger partial charge on any atom is 0.405 e. The van der Waals surface area contributed by atoms with Crippen molar-refractivity contribution in [1.82, 2.24) is 50.3 Å². The van der Waals surface area contributed by atoms with Gasteiger partial charge in [0.25, 0.3) is 0 Å². The zero-order chi connectivity index (χ0) is 36.9. The Bertz CT molecular complexity index is 1840. The molecule has 15 heteroatoms. The summed E-state index contributed by atoms with van der Waals surface area (Å²) < 4.78 is 5.17. The second kappa shape index (κ2) is 16.0. The van der Waals surface area contributed by atoms with Gasteiger partial charge in [0, 0.05) is 43.7 Å². The number of carbonyl (C=O) groups excluding carboxylic acids is 2. The highest BCUT2D eigenvalue weighted by Crippen LogP contribution is 2.34. The highest BCUT2D eigenvalue weighted by atomic mass is 16.5. The van der Waals surface area contributed by atoms with Crippen LogP contribution in [0.4, 0.5) is 4.79 Å². The normalized spacial score (nSPS) is 18.7. The van der Waals surface area contributed by atoms with Gasteiger partial charge < -0.3 is 34.9 Å². The van der Waals surface area contributed by atoms with Gasteiger partial charge in [0.05, 0.1) is 48.6 Å². The standard InChI is InChI=1S/C37H48N10O5/c1-21(2)30(42-20-52-5)35(48)46-14-6-8-28(46)33-40-18-26(43-33)23-10-12-24(13-11-23)32-38-16-25(17-39-32)27-19-41-34(44-27)29-9-7-15-47(29)36(49)31(22(3)4)45-37(50)51/h10-13,16-19,21-22,28-31,42,45H,6-9,14-15,20H2,1-5H3,(H,40,43)(H,41,44)(H,50,51)/t28-,29-,30-,31-/m0/s1. The van der Waals surface area contributed by atoms with Gasteiger partial charge in [-0.3, -0.25) is 14.9 Å². The number of carboxylic acid groups (broad SMARTS) is 1. The number of amides is 3. The van der Waals surface area contributed by atoms with E-state index in [1.165, 1.54) is 0 Å². The summed E-state index contributed by atoms with van der Waals surface area (Å²) in [6.45, 7) is 9.25. The summed E-state index contributed by atoms with van der Waals surface area (Å²) >= 11 is 0. The van der Waals surface area contributed by atoms with Crippen molar-refractivity contribution in [2.24, 2.45) is 11.8 Å². The average Bonchev–Trinajstić information content (AvgIpc) is 3.97. The number of nitrogens with one attached hydrogen (secondary N) is 4. The summed E-state index contributed by atoms with van der Waals surface area (Å²) in [5.41, 5.74) is 4.15. The summed E-state index contributed by atoms with van der Waals surface area (Å²) in [5.74, 6) is 1.74. The fraction of sp³-hybridized carbons (Fsp3) is 0.486. The summed E-state index contributed by atoms with van der Waals surface area (Å²) in [4.78, 5) is 67.1. The molecule has 6 rings (SSSR count). The Morgan fingerprint density at radius 2 is 1.27 bits per heavy atom. The third-order valence-electron chi connectivity index (χ3n) is 9.90. The van der Waals surface area contributed by atoms with Crippen molar-refractivity contribution in [2.75, 3.05) is 26.9 Å². The lowest BCUT2D eigenvalue weighted by Crippen LogP contribution is -2.50. The smallest absolute Gasteiger partial charge is 0.405 e. The van der Waals surface area contributed by atoms with E-state index >= 15 is 0 Å². The SMILES string of the molecule is COCN[C@H](C(=O)N1CCC[C@H]1c1ncc(-c2ccc(-c3ncc(-c4cnc([C@@H]5CCCN5C(=O)[C@@H](NC(=O)O)C(C)C)[nH]4)cn3)cc2)[nH]1)C(C)C. The van der Waals surface area contributed by atoms with Crippen molar-refractivity contribution < 1.29 is 24.2 Å². The molecule has 52 heavy (non-hydrogen) atoms.